The zero-order valence-electron chi connectivity index (χ0n) is 9.54. The largest absolute Gasteiger partial charge is 0.274 e. The Bertz CT molecular complexity index is 444. The number of allylic oxidation sites excluding steroid dienone is 1. The highest BCUT2D eigenvalue weighted by Gasteiger charge is 2.36. The molecular formula is C13H15NO2S. The maximum absolute atomic E-state index is 12.1. The van der Waals surface area contributed by atoms with E-state index in [4.69, 9.17) is 0 Å². The van der Waals surface area contributed by atoms with Crippen molar-refractivity contribution in [3.63, 3.8) is 0 Å². The molecule has 1 aliphatic rings. The Labute approximate surface area is 104 Å². The van der Waals surface area contributed by atoms with Gasteiger partial charge in [-0.05, 0) is 12.0 Å². The van der Waals surface area contributed by atoms with Crippen LogP contribution in [0.5, 0.6) is 0 Å². The molecule has 4 heteroatoms. The number of carbonyl (C=O) groups excluding carboxylic acids is 1. The molecule has 2 rings (SSSR count). The minimum absolute atomic E-state index is 0.0287. The highest BCUT2D eigenvalue weighted by Crippen LogP contribution is 2.24. The molecule has 0 bridgehead atoms. The second-order valence-electron chi connectivity index (χ2n) is 4.04. The third kappa shape index (κ3) is 2.64. The van der Waals surface area contributed by atoms with E-state index in [1.807, 2.05) is 30.3 Å². The van der Waals surface area contributed by atoms with Crippen molar-refractivity contribution in [2.24, 2.45) is 0 Å². The Morgan fingerprint density at radius 3 is 2.76 bits per heavy atom. The number of hydrogen-bond acceptors (Lipinski definition) is 2. The summed E-state index contributed by atoms with van der Waals surface area (Å²) in [6.45, 7) is 4.06. The summed E-state index contributed by atoms with van der Waals surface area (Å²) >= 11 is 0. The number of nitrogens with zero attached hydrogens (tertiary/aromatic N) is 1. The summed E-state index contributed by atoms with van der Waals surface area (Å²) in [7, 11) is -1.22. The molecule has 0 aromatic heterocycles. The third-order valence-corrected chi connectivity index (χ3v) is 4.48. The van der Waals surface area contributed by atoms with Crippen LogP contribution in [-0.2, 0) is 22.3 Å². The first kappa shape index (κ1) is 12.0. The van der Waals surface area contributed by atoms with E-state index in [1.54, 1.807) is 6.08 Å². The molecule has 2 atom stereocenters. The molecule has 1 aromatic carbocycles. The summed E-state index contributed by atoms with van der Waals surface area (Å²) < 4.78 is 13.5. The van der Waals surface area contributed by atoms with Crippen molar-refractivity contribution in [2.45, 2.75) is 24.6 Å². The molecule has 0 aliphatic carbocycles. The van der Waals surface area contributed by atoms with Crippen molar-refractivity contribution in [2.75, 3.05) is 0 Å². The minimum Gasteiger partial charge on any atom is -0.274 e. The van der Waals surface area contributed by atoms with Gasteiger partial charge in [-0.25, -0.2) is 4.21 Å². The van der Waals surface area contributed by atoms with Crippen LogP contribution < -0.4 is 0 Å². The predicted octanol–water partition coefficient (Wildman–Crippen LogP) is 2.03. The number of hydrogen-bond donors (Lipinski definition) is 0. The van der Waals surface area contributed by atoms with Crippen molar-refractivity contribution >= 4 is 16.9 Å². The molecule has 1 aliphatic heterocycles. The van der Waals surface area contributed by atoms with Crippen LogP contribution in [0.4, 0.5) is 0 Å². The van der Waals surface area contributed by atoms with E-state index in [9.17, 15) is 9.00 Å². The lowest BCUT2D eigenvalue weighted by Crippen LogP contribution is -2.26. The molecule has 1 amide bonds. The predicted molar refractivity (Wildman–Crippen MR) is 68.4 cm³/mol. The van der Waals surface area contributed by atoms with Gasteiger partial charge < -0.3 is 0 Å². The summed E-state index contributed by atoms with van der Waals surface area (Å²) in [4.78, 5) is 11.8. The van der Waals surface area contributed by atoms with Crippen LogP contribution in [0.25, 0.3) is 0 Å². The maximum atomic E-state index is 12.1. The van der Waals surface area contributed by atoms with Crippen molar-refractivity contribution in [1.29, 1.82) is 0 Å². The van der Waals surface area contributed by atoms with E-state index in [1.165, 1.54) is 4.31 Å². The van der Waals surface area contributed by atoms with E-state index in [0.29, 0.717) is 19.4 Å². The first-order valence-corrected chi connectivity index (χ1v) is 6.75. The van der Waals surface area contributed by atoms with Gasteiger partial charge in [0.25, 0.3) is 0 Å². The van der Waals surface area contributed by atoms with E-state index in [2.05, 4.69) is 6.58 Å². The van der Waals surface area contributed by atoms with Gasteiger partial charge in [0.1, 0.15) is 11.0 Å². The summed E-state index contributed by atoms with van der Waals surface area (Å²) in [5.74, 6) is -0.0287. The van der Waals surface area contributed by atoms with Crippen molar-refractivity contribution in [3.8, 4) is 0 Å². The van der Waals surface area contributed by atoms with Crippen molar-refractivity contribution < 1.29 is 9.00 Å². The molecule has 0 radical (unpaired) electrons. The van der Waals surface area contributed by atoms with E-state index in [-0.39, 0.29) is 11.2 Å². The smallest absolute Gasteiger partial charge is 0.235 e. The normalized spacial score (nSPS) is 24.0. The van der Waals surface area contributed by atoms with Gasteiger partial charge in [0, 0.05) is 6.42 Å². The number of amides is 1. The maximum Gasteiger partial charge on any atom is 0.235 e. The van der Waals surface area contributed by atoms with Crippen molar-refractivity contribution in [3.05, 3.63) is 48.6 Å². The van der Waals surface area contributed by atoms with Gasteiger partial charge in [-0.3, -0.25) is 9.10 Å². The lowest BCUT2D eigenvalue weighted by molar-refractivity contribution is -0.125. The number of carbonyl (C=O) groups is 1. The van der Waals surface area contributed by atoms with Crippen LogP contribution in [0.3, 0.4) is 0 Å². The van der Waals surface area contributed by atoms with Gasteiger partial charge in [0.2, 0.25) is 5.91 Å². The minimum atomic E-state index is -1.22. The Kier molecular flexibility index (Phi) is 3.74. The van der Waals surface area contributed by atoms with Gasteiger partial charge >= 0.3 is 0 Å². The monoisotopic (exact) mass is 249 g/mol. The first-order valence-electron chi connectivity index (χ1n) is 5.58. The molecule has 0 N–H and O–H groups in total. The van der Waals surface area contributed by atoms with Gasteiger partial charge in [0.15, 0.2) is 0 Å². The highest BCUT2D eigenvalue weighted by molar-refractivity contribution is 7.84. The fraction of sp³-hybridized carbons (Fsp3) is 0.308. The zero-order chi connectivity index (χ0) is 12.3. The SMILES string of the molecule is C=CC[C@H]1CC(=O)N(Cc2ccccc2)[S@]1=O. The second kappa shape index (κ2) is 5.27. The van der Waals surface area contributed by atoms with Crippen LogP contribution in [0, 0.1) is 0 Å². The second-order valence-corrected chi connectivity index (χ2v) is 5.70. The van der Waals surface area contributed by atoms with E-state index >= 15 is 0 Å². The van der Waals surface area contributed by atoms with Gasteiger partial charge in [-0.2, -0.15) is 0 Å². The van der Waals surface area contributed by atoms with Crippen LogP contribution >= 0.6 is 0 Å². The first-order chi connectivity index (χ1) is 8.22. The lowest BCUT2D eigenvalue weighted by atomic mass is 10.2. The molecule has 1 aromatic rings. The summed E-state index contributed by atoms with van der Waals surface area (Å²) in [6, 6.07) is 9.63. The zero-order valence-corrected chi connectivity index (χ0v) is 10.4. The quantitative estimate of drug-likeness (QED) is 0.766. The molecule has 0 unspecified atom stereocenters. The standard InChI is InChI=1S/C13H15NO2S/c1-2-6-12-9-13(15)14(17(12)16)10-11-7-4-3-5-8-11/h2-5,7-8,12H,1,6,9-10H2/t12-,17-/m0/s1. The summed E-state index contributed by atoms with van der Waals surface area (Å²) in [5.41, 5.74) is 1.01. The van der Waals surface area contributed by atoms with Crippen LogP contribution in [0.1, 0.15) is 18.4 Å². The molecular weight excluding hydrogens is 234 g/mol. The average Bonchev–Trinajstić information content (AvgIpc) is 2.59. The Morgan fingerprint density at radius 1 is 1.41 bits per heavy atom. The van der Waals surface area contributed by atoms with E-state index < -0.39 is 11.0 Å². The molecule has 0 spiro atoms. The van der Waals surface area contributed by atoms with Crippen LogP contribution in [-0.4, -0.2) is 19.7 Å². The molecule has 0 saturated carbocycles. The average molecular weight is 249 g/mol. The fourth-order valence-electron chi connectivity index (χ4n) is 1.90. The fourth-order valence-corrected chi connectivity index (χ4v) is 3.40. The van der Waals surface area contributed by atoms with Gasteiger partial charge in [-0.15, -0.1) is 6.58 Å². The Balaban J connectivity index is 2.09. The molecule has 1 saturated heterocycles. The summed E-state index contributed by atoms with van der Waals surface area (Å²) in [6.07, 6.45) is 2.72. The van der Waals surface area contributed by atoms with Crippen molar-refractivity contribution in [1.82, 2.24) is 4.31 Å². The highest BCUT2D eigenvalue weighted by atomic mass is 32.2. The lowest BCUT2D eigenvalue weighted by Gasteiger charge is -2.15. The van der Waals surface area contributed by atoms with Gasteiger partial charge in [0.05, 0.1) is 11.8 Å². The van der Waals surface area contributed by atoms with E-state index in [0.717, 1.165) is 5.56 Å². The number of benzene rings is 1. The summed E-state index contributed by atoms with van der Waals surface area (Å²) in [5, 5.41) is -0.0938. The van der Waals surface area contributed by atoms with Crippen LogP contribution in [0.15, 0.2) is 43.0 Å². The topological polar surface area (TPSA) is 37.4 Å². The Hall–Kier alpha value is -1.42. The molecule has 1 heterocycles. The molecule has 3 nitrogen and oxygen atoms in total. The van der Waals surface area contributed by atoms with Crippen LogP contribution in [0.2, 0.25) is 0 Å². The third-order valence-electron chi connectivity index (χ3n) is 2.78. The Morgan fingerprint density at radius 2 is 2.12 bits per heavy atom. The van der Waals surface area contributed by atoms with Gasteiger partial charge in [-0.1, -0.05) is 36.4 Å². The number of rotatable bonds is 4. The molecule has 1 fully saturated rings. The molecule has 90 valence electrons. The molecule has 17 heavy (non-hydrogen) atoms.